The van der Waals surface area contributed by atoms with Crippen LogP contribution >= 0.6 is 0 Å². The molecule has 0 aliphatic heterocycles. The van der Waals surface area contributed by atoms with Crippen molar-refractivity contribution >= 4 is 0 Å². The Hall–Kier alpha value is -2.41. The summed E-state index contributed by atoms with van der Waals surface area (Å²) in [6, 6.07) is 19.6. The molecule has 0 amide bonds. The number of pyridine rings is 1. The Balaban J connectivity index is 1.84. The fourth-order valence-corrected chi connectivity index (χ4v) is 3.71. The van der Waals surface area contributed by atoms with Gasteiger partial charge in [0.1, 0.15) is 0 Å². The predicted molar refractivity (Wildman–Crippen MR) is 89.9 cm³/mol. The van der Waals surface area contributed by atoms with Gasteiger partial charge in [0.15, 0.2) is 0 Å². The maximum absolute atomic E-state index is 4.82. The molecule has 0 bridgehead atoms. The van der Waals surface area contributed by atoms with Gasteiger partial charge in [0.25, 0.3) is 0 Å². The third-order valence-corrected chi connectivity index (χ3v) is 4.91. The summed E-state index contributed by atoms with van der Waals surface area (Å²) in [5, 5.41) is 0. The summed E-state index contributed by atoms with van der Waals surface area (Å²) >= 11 is 0. The van der Waals surface area contributed by atoms with E-state index in [1.807, 2.05) is 0 Å². The van der Waals surface area contributed by atoms with Gasteiger partial charge in [0, 0.05) is 18.2 Å². The van der Waals surface area contributed by atoms with Crippen LogP contribution in [0.25, 0.3) is 22.3 Å². The average Bonchev–Trinajstić information content (AvgIpc) is 3.35. The van der Waals surface area contributed by atoms with E-state index in [4.69, 9.17) is 4.98 Å². The van der Waals surface area contributed by atoms with Crippen molar-refractivity contribution < 1.29 is 0 Å². The third kappa shape index (κ3) is 1.75. The summed E-state index contributed by atoms with van der Waals surface area (Å²) in [6.45, 7) is 0. The zero-order chi connectivity index (χ0) is 14.5. The summed E-state index contributed by atoms with van der Waals surface area (Å²) in [5.41, 5.74) is 9.62. The van der Waals surface area contributed by atoms with E-state index in [0.29, 0.717) is 5.92 Å². The van der Waals surface area contributed by atoms with Crippen molar-refractivity contribution in [2.24, 2.45) is 0 Å². The predicted octanol–water partition coefficient (Wildman–Crippen LogP) is 5.20. The van der Waals surface area contributed by atoms with Crippen LogP contribution in [0, 0.1) is 0 Å². The van der Waals surface area contributed by atoms with Gasteiger partial charge in [0.05, 0.1) is 5.69 Å². The highest BCUT2D eigenvalue weighted by atomic mass is 14.7. The molecule has 3 aromatic rings. The number of fused-ring (bicyclic) bond motifs is 3. The average molecular weight is 283 g/mol. The zero-order valence-electron chi connectivity index (χ0n) is 12.4. The van der Waals surface area contributed by atoms with Crippen molar-refractivity contribution in [2.45, 2.75) is 25.2 Å². The van der Waals surface area contributed by atoms with E-state index in [1.165, 1.54) is 51.9 Å². The molecule has 1 fully saturated rings. The normalized spacial score (nSPS) is 15.5. The molecule has 0 unspecified atom stereocenters. The molecule has 2 aliphatic rings. The van der Waals surface area contributed by atoms with Gasteiger partial charge in [-0.05, 0) is 46.6 Å². The summed E-state index contributed by atoms with van der Waals surface area (Å²) in [4.78, 5) is 4.82. The molecular formula is C21H17N. The summed E-state index contributed by atoms with van der Waals surface area (Å²) in [5.74, 6) is 0.709. The Bertz CT molecular complexity index is 860. The molecule has 2 aromatic carbocycles. The molecule has 0 N–H and O–H groups in total. The molecule has 1 saturated carbocycles. The Kier molecular flexibility index (Phi) is 2.51. The fraction of sp³-hybridized carbons (Fsp3) is 0.190. The minimum Gasteiger partial charge on any atom is -0.260 e. The minimum absolute atomic E-state index is 0.709. The van der Waals surface area contributed by atoms with Crippen LogP contribution in [0.3, 0.4) is 0 Å². The summed E-state index contributed by atoms with van der Waals surface area (Å²) in [6.07, 6.45) is 5.73. The van der Waals surface area contributed by atoms with Gasteiger partial charge in [-0.2, -0.15) is 0 Å². The van der Waals surface area contributed by atoms with Gasteiger partial charge >= 0.3 is 0 Å². The molecule has 0 atom stereocenters. The highest BCUT2D eigenvalue weighted by Crippen LogP contribution is 2.50. The second kappa shape index (κ2) is 4.54. The first-order valence-corrected chi connectivity index (χ1v) is 8.07. The highest BCUT2D eigenvalue weighted by molar-refractivity contribution is 5.91. The molecule has 1 nitrogen and oxygen atoms in total. The van der Waals surface area contributed by atoms with E-state index in [0.717, 1.165) is 6.42 Å². The van der Waals surface area contributed by atoms with Crippen molar-refractivity contribution in [1.29, 1.82) is 0 Å². The molecule has 2 aliphatic carbocycles. The minimum atomic E-state index is 0.709. The van der Waals surface area contributed by atoms with E-state index >= 15 is 0 Å². The van der Waals surface area contributed by atoms with Crippen LogP contribution < -0.4 is 0 Å². The second-order valence-corrected chi connectivity index (χ2v) is 6.38. The van der Waals surface area contributed by atoms with E-state index < -0.39 is 0 Å². The number of nitrogens with zero attached hydrogens (tertiary/aromatic N) is 1. The smallest absolute Gasteiger partial charge is 0.0532 e. The van der Waals surface area contributed by atoms with Crippen molar-refractivity contribution in [1.82, 2.24) is 4.98 Å². The number of hydrogen-bond acceptors (Lipinski definition) is 1. The molecule has 0 radical (unpaired) electrons. The largest absolute Gasteiger partial charge is 0.260 e. The van der Waals surface area contributed by atoms with Gasteiger partial charge < -0.3 is 0 Å². The molecule has 106 valence electrons. The molecule has 1 heteroatoms. The maximum atomic E-state index is 4.82. The maximum Gasteiger partial charge on any atom is 0.0532 e. The summed E-state index contributed by atoms with van der Waals surface area (Å²) in [7, 11) is 0. The van der Waals surface area contributed by atoms with Gasteiger partial charge in [-0.15, -0.1) is 0 Å². The van der Waals surface area contributed by atoms with Crippen LogP contribution in [0.15, 0.2) is 60.8 Å². The van der Waals surface area contributed by atoms with Crippen LogP contribution in [0.2, 0.25) is 0 Å². The first-order chi connectivity index (χ1) is 10.9. The molecular weight excluding hydrogens is 266 g/mol. The Morgan fingerprint density at radius 2 is 1.59 bits per heavy atom. The molecule has 1 aromatic heterocycles. The first kappa shape index (κ1) is 12.2. The Morgan fingerprint density at radius 3 is 2.41 bits per heavy atom. The lowest BCUT2D eigenvalue weighted by molar-refractivity contribution is 1.05. The van der Waals surface area contributed by atoms with Crippen LogP contribution in [-0.4, -0.2) is 4.98 Å². The second-order valence-electron chi connectivity index (χ2n) is 6.38. The van der Waals surface area contributed by atoms with Crippen molar-refractivity contribution in [3.63, 3.8) is 0 Å². The lowest BCUT2D eigenvalue weighted by Gasteiger charge is -2.15. The van der Waals surface area contributed by atoms with Crippen molar-refractivity contribution in [3.05, 3.63) is 77.6 Å². The van der Waals surface area contributed by atoms with E-state index in [1.54, 1.807) is 0 Å². The SMILES string of the molecule is c1ccc(-c2c(C3CC3)cnc3c2-c2ccccc2C3)cc1. The molecule has 0 saturated heterocycles. The Labute approximate surface area is 130 Å². The molecule has 5 rings (SSSR count). The molecule has 1 heterocycles. The number of benzene rings is 2. The third-order valence-electron chi connectivity index (χ3n) is 4.91. The van der Waals surface area contributed by atoms with Gasteiger partial charge in [0.2, 0.25) is 0 Å². The monoisotopic (exact) mass is 283 g/mol. The first-order valence-electron chi connectivity index (χ1n) is 8.07. The van der Waals surface area contributed by atoms with Crippen molar-refractivity contribution in [3.8, 4) is 22.3 Å². The molecule has 0 spiro atoms. The lowest BCUT2D eigenvalue weighted by atomic mass is 9.91. The van der Waals surface area contributed by atoms with Crippen LogP contribution in [0.4, 0.5) is 0 Å². The standard InChI is InChI=1S/C21H17N/c1-2-6-15(7-3-1)20-18(14-10-11-14)13-22-19-12-16-8-4-5-9-17(16)21(19)20/h1-9,13-14H,10-12H2. The van der Waals surface area contributed by atoms with E-state index in [9.17, 15) is 0 Å². The summed E-state index contributed by atoms with van der Waals surface area (Å²) < 4.78 is 0. The number of rotatable bonds is 2. The number of hydrogen-bond donors (Lipinski definition) is 0. The quantitative estimate of drug-likeness (QED) is 0.493. The van der Waals surface area contributed by atoms with E-state index in [-0.39, 0.29) is 0 Å². The molecule has 22 heavy (non-hydrogen) atoms. The highest BCUT2D eigenvalue weighted by Gasteiger charge is 2.31. The zero-order valence-corrected chi connectivity index (χ0v) is 12.4. The van der Waals surface area contributed by atoms with Crippen LogP contribution in [0.5, 0.6) is 0 Å². The van der Waals surface area contributed by atoms with Gasteiger partial charge in [-0.25, -0.2) is 0 Å². The van der Waals surface area contributed by atoms with Crippen LogP contribution in [0.1, 0.15) is 35.6 Å². The van der Waals surface area contributed by atoms with Crippen LogP contribution in [-0.2, 0) is 6.42 Å². The lowest BCUT2D eigenvalue weighted by Crippen LogP contribution is -1.96. The Morgan fingerprint density at radius 1 is 0.818 bits per heavy atom. The van der Waals surface area contributed by atoms with Gasteiger partial charge in [-0.1, -0.05) is 54.6 Å². The van der Waals surface area contributed by atoms with E-state index in [2.05, 4.69) is 60.8 Å². The topological polar surface area (TPSA) is 12.9 Å². The van der Waals surface area contributed by atoms with Gasteiger partial charge in [-0.3, -0.25) is 4.98 Å². The fourth-order valence-electron chi connectivity index (χ4n) is 3.71. The van der Waals surface area contributed by atoms with Crippen molar-refractivity contribution in [2.75, 3.05) is 0 Å². The number of aromatic nitrogens is 1.